The second kappa shape index (κ2) is 4.99. The van der Waals surface area contributed by atoms with E-state index in [2.05, 4.69) is 0 Å². The van der Waals surface area contributed by atoms with Crippen LogP contribution in [0.1, 0.15) is 32.1 Å². The second-order valence-corrected chi connectivity index (χ2v) is 5.10. The topological polar surface area (TPSA) is 124 Å². The van der Waals surface area contributed by atoms with E-state index in [0.29, 0.717) is 12.8 Å². The predicted octanol–water partition coefficient (Wildman–Crippen LogP) is -1.31. The second-order valence-electron chi connectivity index (χ2n) is 5.10. The Morgan fingerprint density at radius 1 is 1.00 bits per heavy atom. The number of Topliss-reactive ketones (excluding diaryl/α,β-unsaturated/α-hetero) is 1. The van der Waals surface area contributed by atoms with Gasteiger partial charge in [0.2, 0.25) is 17.6 Å². The molecule has 0 aromatic rings. The van der Waals surface area contributed by atoms with Crippen LogP contribution in [-0.2, 0) is 19.2 Å². The van der Waals surface area contributed by atoms with Gasteiger partial charge in [-0.25, -0.2) is 0 Å². The van der Waals surface area contributed by atoms with Crippen molar-refractivity contribution in [3.05, 3.63) is 0 Å². The Morgan fingerprint density at radius 3 is 2.05 bits per heavy atom. The highest BCUT2D eigenvalue weighted by Gasteiger charge is 2.54. The zero-order valence-electron chi connectivity index (χ0n) is 10.5. The Balaban J connectivity index is 2.34. The van der Waals surface area contributed by atoms with Gasteiger partial charge in [-0.05, 0) is 12.8 Å². The van der Waals surface area contributed by atoms with Crippen molar-refractivity contribution in [2.75, 3.05) is 0 Å². The number of carbonyl (C=O) groups is 4. The molecule has 2 atom stereocenters. The first-order valence-electron chi connectivity index (χ1n) is 6.40. The molecule has 7 heteroatoms. The molecule has 1 aliphatic carbocycles. The number of carbonyl (C=O) groups excluding carboxylic acids is 4. The van der Waals surface area contributed by atoms with Crippen LogP contribution in [0, 0.1) is 5.92 Å². The van der Waals surface area contributed by atoms with Crippen LogP contribution in [0.4, 0.5) is 0 Å². The third-order valence-electron chi connectivity index (χ3n) is 3.91. The normalized spacial score (nSPS) is 28.7. The molecule has 104 valence electrons. The summed E-state index contributed by atoms with van der Waals surface area (Å²) in [6, 6.07) is -1.42. The van der Waals surface area contributed by atoms with E-state index >= 15 is 0 Å². The van der Waals surface area contributed by atoms with E-state index in [-0.39, 0.29) is 6.04 Å². The van der Waals surface area contributed by atoms with E-state index in [9.17, 15) is 19.2 Å². The van der Waals surface area contributed by atoms with Crippen LogP contribution in [0.3, 0.4) is 0 Å². The Hall–Kier alpha value is -1.92. The first-order chi connectivity index (χ1) is 8.95. The van der Waals surface area contributed by atoms with Crippen LogP contribution in [0.5, 0.6) is 0 Å². The molecular formula is C12H17N3O4. The van der Waals surface area contributed by atoms with E-state index in [0.717, 1.165) is 19.3 Å². The first kappa shape index (κ1) is 13.5. The van der Waals surface area contributed by atoms with E-state index in [4.69, 9.17) is 11.5 Å². The fraction of sp³-hybridized carbons (Fsp3) is 0.667. The maximum atomic E-state index is 12.0. The molecule has 0 spiro atoms. The van der Waals surface area contributed by atoms with Gasteiger partial charge in [0.05, 0.1) is 0 Å². The highest BCUT2D eigenvalue weighted by molar-refractivity contribution is 6.44. The van der Waals surface area contributed by atoms with Gasteiger partial charge in [0, 0.05) is 6.04 Å². The van der Waals surface area contributed by atoms with Crippen LogP contribution in [0.25, 0.3) is 0 Å². The van der Waals surface area contributed by atoms with Gasteiger partial charge in [-0.2, -0.15) is 0 Å². The SMILES string of the molecule is NC(=O)[C@H]1C(=O)C(=O)N(C2CCCCC2)[C@H]1C(N)=O. The van der Waals surface area contributed by atoms with E-state index in [1.54, 1.807) is 0 Å². The lowest BCUT2D eigenvalue weighted by atomic mass is 9.92. The molecule has 0 aromatic heterocycles. The lowest BCUT2D eigenvalue weighted by molar-refractivity contribution is -0.143. The van der Waals surface area contributed by atoms with Gasteiger partial charge >= 0.3 is 0 Å². The molecule has 1 aliphatic heterocycles. The summed E-state index contributed by atoms with van der Waals surface area (Å²) in [5, 5.41) is 0. The molecule has 4 N–H and O–H groups in total. The van der Waals surface area contributed by atoms with Crippen molar-refractivity contribution >= 4 is 23.5 Å². The summed E-state index contributed by atoms with van der Waals surface area (Å²) in [4.78, 5) is 47.8. The van der Waals surface area contributed by atoms with E-state index in [1.807, 2.05) is 0 Å². The van der Waals surface area contributed by atoms with Crippen LogP contribution < -0.4 is 11.5 Å². The monoisotopic (exact) mass is 267 g/mol. The van der Waals surface area contributed by atoms with Crippen molar-refractivity contribution in [3.63, 3.8) is 0 Å². The van der Waals surface area contributed by atoms with Crippen molar-refractivity contribution in [3.8, 4) is 0 Å². The Labute approximate surface area is 110 Å². The number of amides is 3. The Bertz CT molecular complexity index is 442. The zero-order valence-corrected chi connectivity index (χ0v) is 10.5. The number of primary amides is 2. The molecule has 2 aliphatic rings. The first-order valence-corrected chi connectivity index (χ1v) is 6.40. The number of hydrogen-bond donors (Lipinski definition) is 2. The van der Waals surface area contributed by atoms with Gasteiger partial charge in [0.1, 0.15) is 12.0 Å². The lowest BCUT2D eigenvalue weighted by Gasteiger charge is -2.34. The van der Waals surface area contributed by atoms with Gasteiger partial charge in [-0.3, -0.25) is 19.2 Å². The molecular weight excluding hydrogens is 250 g/mol. The Kier molecular flexibility index (Phi) is 3.55. The maximum absolute atomic E-state index is 12.0. The van der Waals surface area contributed by atoms with Gasteiger partial charge < -0.3 is 16.4 Å². The average Bonchev–Trinajstić information content (AvgIpc) is 2.64. The minimum atomic E-state index is -1.44. The van der Waals surface area contributed by atoms with Gasteiger partial charge in [-0.15, -0.1) is 0 Å². The molecule has 1 heterocycles. The molecule has 0 bridgehead atoms. The van der Waals surface area contributed by atoms with E-state index < -0.39 is 35.5 Å². The summed E-state index contributed by atoms with van der Waals surface area (Å²) in [5.41, 5.74) is 10.4. The summed E-state index contributed by atoms with van der Waals surface area (Å²) >= 11 is 0. The molecule has 3 amide bonds. The highest BCUT2D eigenvalue weighted by Crippen LogP contribution is 2.31. The predicted molar refractivity (Wildman–Crippen MR) is 64.4 cm³/mol. The maximum Gasteiger partial charge on any atom is 0.291 e. The summed E-state index contributed by atoms with van der Waals surface area (Å²) in [5.74, 6) is -4.98. The third-order valence-corrected chi connectivity index (χ3v) is 3.91. The van der Waals surface area contributed by atoms with Crippen LogP contribution >= 0.6 is 0 Å². The standard InChI is InChI=1S/C12H17N3O4/c13-10(17)7-8(11(14)18)15(12(19)9(7)16)6-4-2-1-3-5-6/h6-8H,1-5H2,(H2,13,17)(H2,14,18)/t7-,8-/m1/s1. The van der Waals surface area contributed by atoms with Crippen molar-refractivity contribution in [1.29, 1.82) is 0 Å². The molecule has 0 radical (unpaired) electrons. The number of likely N-dealkylation sites (tertiary alicyclic amines) is 1. The molecule has 19 heavy (non-hydrogen) atoms. The molecule has 2 rings (SSSR count). The highest BCUT2D eigenvalue weighted by atomic mass is 16.2. The van der Waals surface area contributed by atoms with E-state index in [1.165, 1.54) is 4.90 Å². The molecule has 0 unspecified atom stereocenters. The van der Waals surface area contributed by atoms with Gasteiger partial charge in [0.15, 0.2) is 0 Å². The minimum Gasteiger partial charge on any atom is -0.369 e. The van der Waals surface area contributed by atoms with Crippen LogP contribution in [-0.4, -0.2) is 40.5 Å². The summed E-state index contributed by atoms with van der Waals surface area (Å²) in [6.07, 6.45) is 4.35. The lowest BCUT2D eigenvalue weighted by Crippen LogP contribution is -2.52. The Morgan fingerprint density at radius 2 is 1.58 bits per heavy atom. The van der Waals surface area contributed by atoms with Gasteiger partial charge in [-0.1, -0.05) is 19.3 Å². The van der Waals surface area contributed by atoms with Crippen molar-refractivity contribution < 1.29 is 19.2 Å². The fourth-order valence-electron chi connectivity index (χ4n) is 3.03. The largest absolute Gasteiger partial charge is 0.369 e. The third kappa shape index (κ3) is 2.20. The fourth-order valence-corrected chi connectivity index (χ4v) is 3.03. The quantitative estimate of drug-likeness (QED) is 0.486. The molecule has 2 fully saturated rings. The molecule has 7 nitrogen and oxygen atoms in total. The summed E-state index contributed by atoms with van der Waals surface area (Å²) in [6.45, 7) is 0. The number of nitrogens with two attached hydrogens (primary N) is 2. The summed E-state index contributed by atoms with van der Waals surface area (Å²) < 4.78 is 0. The smallest absolute Gasteiger partial charge is 0.291 e. The number of nitrogens with zero attached hydrogens (tertiary/aromatic N) is 1. The zero-order chi connectivity index (χ0) is 14.2. The number of ketones is 1. The minimum absolute atomic E-state index is 0.202. The summed E-state index contributed by atoms with van der Waals surface area (Å²) in [7, 11) is 0. The van der Waals surface area contributed by atoms with Crippen LogP contribution in [0.2, 0.25) is 0 Å². The number of hydrogen-bond acceptors (Lipinski definition) is 4. The van der Waals surface area contributed by atoms with Crippen molar-refractivity contribution in [2.45, 2.75) is 44.2 Å². The molecule has 1 saturated heterocycles. The van der Waals surface area contributed by atoms with Crippen molar-refractivity contribution in [2.24, 2.45) is 17.4 Å². The molecule has 1 saturated carbocycles. The van der Waals surface area contributed by atoms with Crippen molar-refractivity contribution in [1.82, 2.24) is 4.90 Å². The molecule has 0 aromatic carbocycles. The average molecular weight is 267 g/mol. The van der Waals surface area contributed by atoms with Crippen LogP contribution in [0.15, 0.2) is 0 Å². The number of rotatable bonds is 3. The van der Waals surface area contributed by atoms with Gasteiger partial charge in [0.25, 0.3) is 5.91 Å².